The molecule has 136 valence electrons. The molecule has 2 aromatic rings. The predicted octanol–water partition coefficient (Wildman–Crippen LogP) is 2.39. The number of nitro groups is 1. The zero-order chi connectivity index (χ0) is 19.3. The van der Waals surface area contributed by atoms with Crippen molar-refractivity contribution in [2.24, 2.45) is 0 Å². The van der Waals surface area contributed by atoms with Gasteiger partial charge in [-0.25, -0.2) is 13.6 Å². The Balaban J connectivity index is 2.27. The third-order valence-corrected chi connectivity index (χ3v) is 3.58. The first-order chi connectivity index (χ1) is 12.3. The van der Waals surface area contributed by atoms with Crippen LogP contribution in [0.2, 0.25) is 0 Å². The highest BCUT2D eigenvalue weighted by atomic mass is 19.1. The molecule has 0 bridgehead atoms. The lowest BCUT2D eigenvalue weighted by atomic mass is 10.0. The van der Waals surface area contributed by atoms with E-state index in [-0.39, 0.29) is 17.7 Å². The second-order valence-electron chi connectivity index (χ2n) is 5.26. The average Bonchev–Trinajstić information content (AvgIpc) is 2.60. The van der Waals surface area contributed by atoms with Gasteiger partial charge in [0.05, 0.1) is 17.6 Å². The number of amides is 1. The molecule has 7 nitrogen and oxygen atoms in total. The average molecular weight is 364 g/mol. The van der Waals surface area contributed by atoms with Crippen molar-refractivity contribution in [3.8, 4) is 0 Å². The maximum Gasteiger partial charge on any atom is 0.328 e. The Morgan fingerprint density at radius 1 is 1.23 bits per heavy atom. The van der Waals surface area contributed by atoms with E-state index in [0.29, 0.717) is 6.07 Å². The number of ether oxygens (including phenoxy) is 1. The number of benzene rings is 2. The first-order valence-corrected chi connectivity index (χ1v) is 7.39. The molecule has 0 fully saturated rings. The summed E-state index contributed by atoms with van der Waals surface area (Å²) >= 11 is 0. The Bertz CT molecular complexity index is 857. The Morgan fingerprint density at radius 3 is 2.54 bits per heavy atom. The number of nitrogens with zero attached hydrogens (tertiary/aromatic N) is 1. The van der Waals surface area contributed by atoms with Crippen LogP contribution in [0.5, 0.6) is 0 Å². The van der Waals surface area contributed by atoms with Gasteiger partial charge in [0.15, 0.2) is 0 Å². The van der Waals surface area contributed by atoms with Crippen LogP contribution in [-0.4, -0.2) is 30.0 Å². The molecule has 9 heteroatoms. The monoisotopic (exact) mass is 364 g/mol. The number of hydrogen-bond acceptors (Lipinski definition) is 5. The molecule has 0 aliphatic heterocycles. The van der Waals surface area contributed by atoms with Crippen molar-refractivity contribution in [1.29, 1.82) is 0 Å². The van der Waals surface area contributed by atoms with E-state index in [2.05, 4.69) is 10.1 Å². The molecular formula is C17H14F2N2O5. The SMILES string of the molecule is COC(=O)[C@H](Cc1ccccc1[N+](=O)[O-])NC(=O)c1ccc(F)cc1F. The van der Waals surface area contributed by atoms with Crippen molar-refractivity contribution in [2.75, 3.05) is 7.11 Å². The number of methoxy groups -OCH3 is 1. The van der Waals surface area contributed by atoms with Crippen LogP contribution in [0.15, 0.2) is 42.5 Å². The molecule has 0 saturated heterocycles. The number of rotatable bonds is 6. The van der Waals surface area contributed by atoms with Gasteiger partial charge in [0.2, 0.25) is 0 Å². The van der Waals surface area contributed by atoms with Crippen LogP contribution in [0.1, 0.15) is 15.9 Å². The van der Waals surface area contributed by atoms with Gasteiger partial charge in [0.25, 0.3) is 11.6 Å². The molecule has 2 aromatic carbocycles. The van der Waals surface area contributed by atoms with Crippen LogP contribution in [-0.2, 0) is 16.0 Å². The lowest BCUT2D eigenvalue weighted by Crippen LogP contribution is -2.43. The minimum Gasteiger partial charge on any atom is -0.467 e. The molecule has 0 heterocycles. The maximum absolute atomic E-state index is 13.7. The first-order valence-electron chi connectivity index (χ1n) is 7.39. The molecule has 0 radical (unpaired) electrons. The van der Waals surface area contributed by atoms with Crippen LogP contribution in [0.4, 0.5) is 14.5 Å². The van der Waals surface area contributed by atoms with Gasteiger partial charge in [0, 0.05) is 24.1 Å². The molecule has 1 N–H and O–H groups in total. The molecule has 0 aliphatic carbocycles. The number of carbonyl (C=O) groups is 2. The second-order valence-corrected chi connectivity index (χ2v) is 5.26. The second kappa shape index (κ2) is 8.15. The summed E-state index contributed by atoms with van der Waals surface area (Å²) in [6, 6.07) is 6.75. The van der Waals surface area contributed by atoms with Gasteiger partial charge in [-0.05, 0) is 12.1 Å². The fourth-order valence-corrected chi connectivity index (χ4v) is 2.33. The number of para-hydroxylation sites is 1. The maximum atomic E-state index is 13.7. The summed E-state index contributed by atoms with van der Waals surface area (Å²) in [5.41, 5.74) is -0.515. The topological polar surface area (TPSA) is 98.5 Å². The first kappa shape index (κ1) is 19.0. The van der Waals surface area contributed by atoms with Gasteiger partial charge < -0.3 is 10.1 Å². The Labute approximate surface area is 146 Å². The third kappa shape index (κ3) is 4.38. The van der Waals surface area contributed by atoms with E-state index in [1.165, 1.54) is 24.3 Å². The van der Waals surface area contributed by atoms with Gasteiger partial charge in [-0.2, -0.15) is 0 Å². The van der Waals surface area contributed by atoms with E-state index in [0.717, 1.165) is 19.2 Å². The smallest absolute Gasteiger partial charge is 0.328 e. The van der Waals surface area contributed by atoms with Crippen LogP contribution >= 0.6 is 0 Å². The van der Waals surface area contributed by atoms with E-state index < -0.39 is 40.0 Å². The number of esters is 1. The van der Waals surface area contributed by atoms with Crippen molar-refractivity contribution in [3.05, 3.63) is 75.3 Å². The van der Waals surface area contributed by atoms with E-state index in [1.54, 1.807) is 0 Å². The van der Waals surface area contributed by atoms with Gasteiger partial charge in [-0.3, -0.25) is 14.9 Å². The van der Waals surface area contributed by atoms with Crippen LogP contribution < -0.4 is 5.32 Å². The highest BCUT2D eigenvalue weighted by Crippen LogP contribution is 2.20. The lowest BCUT2D eigenvalue weighted by Gasteiger charge is -2.17. The number of nitro benzene ring substituents is 1. The molecule has 2 rings (SSSR count). The quantitative estimate of drug-likeness (QED) is 0.482. The molecular weight excluding hydrogens is 350 g/mol. The van der Waals surface area contributed by atoms with E-state index in [9.17, 15) is 28.5 Å². The minimum atomic E-state index is -1.29. The molecule has 26 heavy (non-hydrogen) atoms. The fourth-order valence-electron chi connectivity index (χ4n) is 2.33. The molecule has 0 saturated carbocycles. The zero-order valence-corrected chi connectivity index (χ0v) is 13.6. The van der Waals surface area contributed by atoms with Crippen LogP contribution in [0, 0.1) is 21.7 Å². The number of carbonyl (C=O) groups excluding carboxylic acids is 2. The summed E-state index contributed by atoms with van der Waals surface area (Å²) in [6.45, 7) is 0. The Morgan fingerprint density at radius 2 is 1.92 bits per heavy atom. The number of halogens is 2. The van der Waals surface area contributed by atoms with Crippen molar-refractivity contribution in [1.82, 2.24) is 5.32 Å². The summed E-state index contributed by atoms with van der Waals surface area (Å²) in [4.78, 5) is 34.6. The highest BCUT2D eigenvalue weighted by Gasteiger charge is 2.27. The van der Waals surface area contributed by atoms with E-state index >= 15 is 0 Å². The summed E-state index contributed by atoms with van der Waals surface area (Å²) in [5.74, 6) is -3.80. The van der Waals surface area contributed by atoms with Gasteiger partial charge >= 0.3 is 5.97 Å². The summed E-state index contributed by atoms with van der Waals surface area (Å²) in [7, 11) is 1.08. The van der Waals surface area contributed by atoms with Gasteiger partial charge in [-0.15, -0.1) is 0 Å². The van der Waals surface area contributed by atoms with E-state index in [4.69, 9.17) is 0 Å². The number of hydrogen-bond donors (Lipinski definition) is 1. The Kier molecular flexibility index (Phi) is 5.94. The summed E-state index contributed by atoms with van der Waals surface area (Å²) < 4.78 is 31.3. The van der Waals surface area contributed by atoms with Crippen molar-refractivity contribution in [3.63, 3.8) is 0 Å². The normalized spacial score (nSPS) is 11.5. The van der Waals surface area contributed by atoms with Crippen molar-refractivity contribution >= 4 is 17.6 Å². The van der Waals surface area contributed by atoms with E-state index in [1.807, 2.05) is 0 Å². The van der Waals surface area contributed by atoms with Gasteiger partial charge in [0.1, 0.15) is 17.7 Å². The largest absolute Gasteiger partial charge is 0.467 e. The highest BCUT2D eigenvalue weighted by molar-refractivity contribution is 5.97. The lowest BCUT2D eigenvalue weighted by molar-refractivity contribution is -0.385. The van der Waals surface area contributed by atoms with Crippen molar-refractivity contribution < 1.29 is 28.0 Å². The third-order valence-electron chi connectivity index (χ3n) is 3.58. The van der Waals surface area contributed by atoms with Crippen LogP contribution in [0.25, 0.3) is 0 Å². The van der Waals surface area contributed by atoms with Crippen LogP contribution in [0.3, 0.4) is 0 Å². The molecule has 0 aliphatic rings. The minimum absolute atomic E-state index is 0.188. The molecule has 1 amide bonds. The predicted molar refractivity (Wildman–Crippen MR) is 86.4 cm³/mol. The molecule has 0 aromatic heterocycles. The fraction of sp³-hybridized carbons (Fsp3) is 0.176. The standard InChI is InChI=1S/C17H14F2N2O5/c1-26-17(23)14(8-10-4-2-3-5-15(10)21(24)25)20-16(22)12-7-6-11(18)9-13(12)19/h2-7,9,14H,8H2,1H3,(H,20,22)/t14-/m0/s1. The van der Waals surface area contributed by atoms with Crippen molar-refractivity contribution in [2.45, 2.75) is 12.5 Å². The molecule has 0 unspecified atom stereocenters. The summed E-state index contributed by atoms with van der Waals surface area (Å²) in [6.07, 6.45) is -0.238. The zero-order valence-electron chi connectivity index (χ0n) is 13.6. The Hall–Kier alpha value is -3.36. The molecule has 1 atom stereocenters. The van der Waals surface area contributed by atoms with Gasteiger partial charge in [-0.1, -0.05) is 18.2 Å². The molecule has 0 spiro atoms. The summed E-state index contributed by atoms with van der Waals surface area (Å²) in [5, 5.41) is 13.3. The number of nitrogens with one attached hydrogen (secondary N) is 1.